The molecular formula is C24H28N4OS. The third-order valence-corrected chi connectivity index (χ3v) is 5.95. The standard InChI is InChI=1S/C24H28N4OS/c1-18-6-5-13-27(16-18)17-20-11-9-19(10-12-20)14-25-23(29)22-15-26-24(30)28(22)21-7-3-2-4-8-21/h2-4,7-12,15,18H,5-6,13-14,16-17H2,1H3,(H,25,29)(H,26,30). The van der Waals surface area contributed by atoms with Gasteiger partial charge in [-0.25, -0.2) is 0 Å². The van der Waals surface area contributed by atoms with Gasteiger partial charge in [0.2, 0.25) is 0 Å². The van der Waals surface area contributed by atoms with Crippen LogP contribution in [0, 0.1) is 10.7 Å². The van der Waals surface area contributed by atoms with Gasteiger partial charge in [-0.15, -0.1) is 0 Å². The monoisotopic (exact) mass is 420 g/mol. The van der Waals surface area contributed by atoms with Crippen LogP contribution in [0.3, 0.4) is 0 Å². The molecule has 1 atom stereocenters. The Morgan fingerprint density at radius 2 is 1.87 bits per heavy atom. The first-order valence-electron chi connectivity index (χ1n) is 10.5. The van der Waals surface area contributed by atoms with Crippen molar-refractivity contribution in [3.63, 3.8) is 0 Å². The quantitative estimate of drug-likeness (QED) is 0.569. The van der Waals surface area contributed by atoms with E-state index in [0.29, 0.717) is 17.0 Å². The molecule has 1 amide bonds. The summed E-state index contributed by atoms with van der Waals surface area (Å²) in [6, 6.07) is 18.2. The Morgan fingerprint density at radius 3 is 2.60 bits per heavy atom. The third-order valence-electron chi connectivity index (χ3n) is 5.65. The Morgan fingerprint density at radius 1 is 1.13 bits per heavy atom. The highest BCUT2D eigenvalue weighted by atomic mass is 32.1. The number of aromatic nitrogens is 2. The van der Waals surface area contributed by atoms with Crippen LogP contribution in [0.1, 0.15) is 41.4 Å². The normalized spacial score (nSPS) is 17.0. The molecule has 3 aromatic rings. The molecule has 1 aliphatic rings. The second kappa shape index (κ2) is 9.41. The van der Waals surface area contributed by atoms with Crippen molar-refractivity contribution in [1.29, 1.82) is 0 Å². The van der Waals surface area contributed by atoms with Gasteiger partial charge in [0.25, 0.3) is 5.91 Å². The van der Waals surface area contributed by atoms with E-state index in [0.717, 1.165) is 23.7 Å². The number of imidazole rings is 1. The summed E-state index contributed by atoms with van der Waals surface area (Å²) in [5.74, 6) is 0.633. The van der Waals surface area contributed by atoms with E-state index in [1.165, 1.54) is 31.5 Å². The molecule has 1 aromatic heterocycles. The van der Waals surface area contributed by atoms with Crippen LogP contribution < -0.4 is 5.32 Å². The highest BCUT2D eigenvalue weighted by Gasteiger charge is 2.16. The number of benzene rings is 2. The average molecular weight is 421 g/mol. The summed E-state index contributed by atoms with van der Waals surface area (Å²) in [7, 11) is 0. The Kier molecular flexibility index (Phi) is 6.45. The van der Waals surface area contributed by atoms with Gasteiger partial charge in [0, 0.05) is 31.5 Å². The van der Waals surface area contributed by atoms with Crippen molar-refractivity contribution in [3.8, 4) is 5.69 Å². The number of aromatic amines is 1. The van der Waals surface area contributed by atoms with Crippen LogP contribution >= 0.6 is 12.2 Å². The Labute approximate surface area is 182 Å². The number of piperidine rings is 1. The fraction of sp³-hybridized carbons (Fsp3) is 0.333. The Bertz CT molecular complexity index is 1040. The summed E-state index contributed by atoms with van der Waals surface area (Å²) in [4.78, 5) is 18.3. The number of amides is 1. The van der Waals surface area contributed by atoms with Crippen LogP contribution in [0.15, 0.2) is 60.8 Å². The number of carbonyl (C=O) groups is 1. The first-order chi connectivity index (χ1) is 14.6. The van der Waals surface area contributed by atoms with Gasteiger partial charge in [0.05, 0.1) is 0 Å². The lowest BCUT2D eigenvalue weighted by Gasteiger charge is -2.30. The molecule has 0 radical (unpaired) electrons. The van der Waals surface area contributed by atoms with Gasteiger partial charge in [-0.3, -0.25) is 14.3 Å². The topological polar surface area (TPSA) is 53.1 Å². The highest BCUT2D eigenvalue weighted by molar-refractivity contribution is 7.71. The van der Waals surface area contributed by atoms with Crippen molar-refractivity contribution < 1.29 is 4.79 Å². The van der Waals surface area contributed by atoms with Gasteiger partial charge >= 0.3 is 0 Å². The van der Waals surface area contributed by atoms with Gasteiger partial charge in [0.15, 0.2) is 4.77 Å². The molecule has 4 rings (SSSR count). The maximum atomic E-state index is 12.8. The molecule has 0 spiro atoms. The molecule has 0 aliphatic carbocycles. The van der Waals surface area contributed by atoms with E-state index in [9.17, 15) is 4.79 Å². The zero-order valence-electron chi connectivity index (χ0n) is 17.3. The first kappa shape index (κ1) is 20.6. The van der Waals surface area contributed by atoms with Crippen molar-refractivity contribution in [3.05, 3.63) is 82.4 Å². The summed E-state index contributed by atoms with van der Waals surface area (Å²) in [5, 5.41) is 3.01. The highest BCUT2D eigenvalue weighted by Crippen LogP contribution is 2.18. The van der Waals surface area contributed by atoms with E-state index in [2.05, 4.69) is 46.4 Å². The fourth-order valence-corrected chi connectivity index (χ4v) is 4.36. The summed E-state index contributed by atoms with van der Waals surface area (Å²) in [6.45, 7) is 6.18. The molecule has 1 unspecified atom stereocenters. The summed E-state index contributed by atoms with van der Waals surface area (Å²) < 4.78 is 2.26. The van der Waals surface area contributed by atoms with E-state index in [1.807, 2.05) is 30.3 Å². The van der Waals surface area contributed by atoms with Crippen molar-refractivity contribution in [2.45, 2.75) is 32.9 Å². The lowest BCUT2D eigenvalue weighted by atomic mass is 9.99. The maximum Gasteiger partial charge on any atom is 0.270 e. The van der Waals surface area contributed by atoms with Gasteiger partial charge in [0.1, 0.15) is 5.69 Å². The second-order valence-electron chi connectivity index (χ2n) is 8.13. The Balaban J connectivity index is 1.37. The number of hydrogen-bond acceptors (Lipinski definition) is 3. The predicted octanol–water partition coefficient (Wildman–Crippen LogP) is 4.70. The van der Waals surface area contributed by atoms with E-state index >= 15 is 0 Å². The predicted molar refractivity (Wildman–Crippen MR) is 122 cm³/mol. The molecule has 30 heavy (non-hydrogen) atoms. The van der Waals surface area contributed by atoms with Crippen molar-refractivity contribution in [2.24, 2.45) is 5.92 Å². The molecule has 0 saturated carbocycles. The van der Waals surface area contributed by atoms with Crippen LogP contribution in [-0.2, 0) is 13.1 Å². The Hall–Kier alpha value is -2.70. The second-order valence-corrected chi connectivity index (χ2v) is 8.52. The van der Waals surface area contributed by atoms with Crippen LogP contribution in [0.2, 0.25) is 0 Å². The molecule has 6 heteroatoms. The maximum absolute atomic E-state index is 12.8. The van der Waals surface area contributed by atoms with Crippen LogP contribution in [0.4, 0.5) is 0 Å². The molecule has 1 saturated heterocycles. The van der Waals surface area contributed by atoms with Crippen LogP contribution in [-0.4, -0.2) is 33.4 Å². The average Bonchev–Trinajstić information content (AvgIpc) is 3.15. The number of hydrogen-bond donors (Lipinski definition) is 2. The number of nitrogens with one attached hydrogen (secondary N) is 2. The van der Waals surface area contributed by atoms with Crippen LogP contribution in [0.25, 0.3) is 5.69 Å². The largest absolute Gasteiger partial charge is 0.347 e. The minimum Gasteiger partial charge on any atom is -0.347 e. The van der Waals surface area contributed by atoms with E-state index in [1.54, 1.807) is 10.8 Å². The minimum atomic E-state index is -0.155. The van der Waals surface area contributed by atoms with Gasteiger partial charge < -0.3 is 10.3 Å². The summed E-state index contributed by atoms with van der Waals surface area (Å²) in [5.41, 5.74) is 3.77. The first-order valence-corrected chi connectivity index (χ1v) is 10.9. The van der Waals surface area contributed by atoms with Crippen molar-refractivity contribution in [2.75, 3.05) is 13.1 Å². The van der Waals surface area contributed by atoms with Gasteiger partial charge in [-0.2, -0.15) is 0 Å². The number of carbonyl (C=O) groups excluding carboxylic acids is 1. The molecule has 1 aliphatic heterocycles. The molecule has 1 fully saturated rings. The van der Waals surface area contributed by atoms with Crippen molar-refractivity contribution >= 4 is 18.1 Å². The number of H-pyrrole nitrogens is 1. The third kappa shape index (κ3) is 4.89. The lowest BCUT2D eigenvalue weighted by Crippen LogP contribution is -2.33. The molecular weight excluding hydrogens is 392 g/mol. The van der Waals surface area contributed by atoms with E-state index in [4.69, 9.17) is 12.2 Å². The van der Waals surface area contributed by atoms with Crippen molar-refractivity contribution in [1.82, 2.24) is 19.8 Å². The smallest absolute Gasteiger partial charge is 0.270 e. The minimum absolute atomic E-state index is 0.155. The zero-order valence-corrected chi connectivity index (χ0v) is 18.1. The fourth-order valence-electron chi connectivity index (χ4n) is 4.09. The summed E-state index contributed by atoms with van der Waals surface area (Å²) >= 11 is 5.36. The SMILES string of the molecule is CC1CCCN(Cc2ccc(CNC(=O)c3c[nH]c(=S)n3-c3ccccc3)cc2)C1. The van der Waals surface area contributed by atoms with Crippen LogP contribution in [0.5, 0.6) is 0 Å². The number of rotatable bonds is 6. The summed E-state index contributed by atoms with van der Waals surface area (Å²) in [6.07, 6.45) is 4.29. The number of para-hydroxylation sites is 1. The zero-order chi connectivity index (χ0) is 20.9. The van der Waals surface area contributed by atoms with E-state index < -0.39 is 0 Å². The molecule has 0 bridgehead atoms. The molecule has 2 N–H and O–H groups in total. The molecule has 156 valence electrons. The number of nitrogens with zero attached hydrogens (tertiary/aromatic N) is 2. The molecule has 5 nitrogen and oxygen atoms in total. The lowest BCUT2D eigenvalue weighted by molar-refractivity contribution is 0.0944. The van der Waals surface area contributed by atoms with Gasteiger partial charge in [-0.05, 0) is 60.8 Å². The molecule has 2 aromatic carbocycles. The van der Waals surface area contributed by atoms with Gasteiger partial charge in [-0.1, -0.05) is 49.4 Å². The molecule has 2 heterocycles. The number of likely N-dealkylation sites (tertiary alicyclic amines) is 1. The van der Waals surface area contributed by atoms with E-state index in [-0.39, 0.29) is 5.91 Å².